The number of benzene rings is 2. The smallest absolute Gasteiger partial charge is 0.322 e. The number of anilines is 1. The summed E-state index contributed by atoms with van der Waals surface area (Å²) in [7, 11) is 0. The van der Waals surface area contributed by atoms with Gasteiger partial charge < -0.3 is 10.6 Å². The van der Waals surface area contributed by atoms with Crippen LogP contribution in [0.2, 0.25) is 0 Å². The molecule has 0 bridgehead atoms. The third kappa shape index (κ3) is 3.69. The van der Waals surface area contributed by atoms with Crippen LogP contribution in [0.4, 0.5) is 10.5 Å². The Balaban J connectivity index is 1.75. The van der Waals surface area contributed by atoms with Gasteiger partial charge in [-0.2, -0.15) is 0 Å². The van der Waals surface area contributed by atoms with E-state index in [-0.39, 0.29) is 18.0 Å². The second-order valence-corrected chi connectivity index (χ2v) is 6.96. The lowest BCUT2D eigenvalue weighted by atomic mass is 10.1. The summed E-state index contributed by atoms with van der Waals surface area (Å²) in [4.78, 5) is 26.1. The second-order valence-electron chi connectivity index (χ2n) is 6.10. The normalized spacial score (nSPS) is 15.0. The van der Waals surface area contributed by atoms with Gasteiger partial charge in [-0.05, 0) is 49.2 Å². The van der Waals surface area contributed by atoms with Crippen molar-refractivity contribution < 1.29 is 9.59 Å². The summed E-state index contributed by atoms with van der Waals surface area (Å²) >= 11 is 3.51. The van der Waals surface area contributed by atoms with E-state index in [2.05, 4.69) is 26.6 Å². The number of halogens is 1. The zero-order valence-electron chi connectivity index (χ0n) is 14.2. The molecule has 25 heavy (non-hydrogen) atoms. The number of hydrogen-bond donors (Lipinski definition) is 2. The molecule has 1 aliphatic rings. The average Bonchev–Trinajstić information content (AvgIpc) is 3.00. The molecule has 2 aromatic carbocycles. The molecule has 2 N–H and O–H groups in total. The molecule has 130 valence electrons. The Hall–Kier alpha value is -2.34. The molecular weight excluding hydrogens is 382 g/mol. The molecule has 1 fully saturated rings. The van der Waals surface area contributed by atoms with Crippen molar-refractivity contribution in [3.05, 3.63) is 63.6 Å². The molecule has 3 amide bonds. The fourth-order valence-electron chi connectivity index (χ4n) is 2.99. The Kier molecular flexibility index (Phi) is 5.08. The van der Waals surface area contributed by atoms with Gasteiger partial charge in [-0.25, -0.2) is 4.79 Å². The van der Waals surface area contributed by atoms with Gasteiger partial charge >= 0.3 is 6.03 Å². The molecule has 0 radical (unpaired) electrons. The van der Waals surface area contributed by atoms with Crippen LogP contribution in [-0.4, -0.2) is 25.0 Å². The Morgan fingerprint density at radius 1 is 1.28 bits per heavy atom. The number of hydrogen-bond acceptors (Lipinski definition) is 2. The lowest BCUT2D eigenvalue weighted by Gasteiger charge is -2.19. The molecule has 6 heteroatoms. The van der Waals surface area contributed by atoms with Gasteiger partial charge in [0.25, 0.3) is 5.91 Å². The van der Waals surface area contributed by atoms with E-state index >= 15 is 0 Å². The topological polar surface area (TPSA) is 61.4 Å². The number of carbonyl (C=O) groups is 2. The maximum atomic E-state index is 12.6. The van der Waals surface area contributed by atoms with E-state index in [9.17, 15) is 9.59 Å². The largest absolute Gasteiger partial charge is 0.345 e. The first-order valence-electron chi connectivity index (χ1n) is 8.18. The maximum absolute atomic E-state index is 12.6. The number of aryl methyl sites for hydroxylation is 1. The first-order chi connectivity index (χ1) is 12.0. The van der Waals surface area contributed by atoms with Crippen molar-refractivity contribution in [1.29, 1.82) is 0 Å². The van der Waals surface area contributed by atoms with Crippen LogP contribution in [0.3, 0.4) is 0 Å². The monoisotopic (exact) mass is 401 g/mol. The van der Waals surface area contributed by atoms with Crippen molar-refractivity contribution in [1.82, 2.24) is 10.6 Å². The zero-order valence-corrected chi connectivity index (χ0v) is 15.8. The molecular formula is C19H20BrN3O2. The summed E-state index contributed by atoms with van der Waals surface area (Å²) in [5, 5.41) is 5.80. The summed E-state index contributed by atoms with van der Waals surface area (Å²) < 4.78 is 0.967. The predicted octanol–water partition coefficient (Wildman–Crippen LogP) is 3.78. The van der Waals surface area contributed by atoms with E-state index in [0.29, 0.717) is 18.7 Å². The third-order valence-corrected chi connectivity index (χ3v) is 5.05. The fourth-order valence-corrected chi connectivity index (χ4v) is 3.61. The highest BCUT2D eigenvalue weighted by molar-refractivity contribution is 9.10. The zero-order chi connectivity index (χ0) is 18.0. The van der Waals surface area contributed by atoms with Crippen LogP contribution < -0.4 is 15.5 Å². The van der Waals surface area contributed by atoms with E-state index in [1.54, 1.807) is 11.0 Å². The Labute approximate surface area is 155 Å². The number of carbonyl (C=O) groups excluding carboxylic acids is 2. The van der Waals surface area contributed by atoms with Gasteiger partial charge in [0, 0.05) is 28.8 Å². The van der Waals surface area contributed by atoms with Gasteiger partial charge in [0.2, 0.25) is 0 Å². The van der Waals surface area contributed by atoms with Gasteiger partial charge in [0.05, 0.1) is 6.04 Å². The number of rotatable bonds is 4. The minimum atomic E-state index is -0.135. The lowest BCUT2D eigenvalue weighted by molar-refractivity contribution is 0.0939. The molecule has 1 heterocycles. The lowest BCUT2D eigenvalue weighted by Crippen LogP contribution is -2.29. The van der Waals surface area contributed by atoms with E-state index in [1.807, 2.05) is 50.2 Å². The van der Waals surface area contributed by atoms with E-state index in [1.165, 1.54) is 0 Å². The van der Waals surface area contributed by atoms with Crippen LogP contribution in [0.15, 0.2) is 46.9 Å². The van der Waals surface area contributed by atoms with Gasteiger partial charge in [-0.1, -0.05) is 34.1 Å². The Morgan fingerprint density at radius 3 is 2.68 bits per heavy atom. The Bertz CT molecular complexity index is 822. The fraction of sp³-hybridized carbons (Fsp3) is 0.263. The van der Waals surface area contributed by atoms with Crippen LogP contribution in [0, 0.1) is 6.92 Å². The number of urea groups is 1. The standard InChI is InChI=1S/C19H20BrN3O2/c1-12-11-14(7-8-17(12)23-10-9-21-19(23)25)18(24)22-13(2)15-5-3-4-6-16(15)20/h3-8,11,13H,9-10H2,1-2H3,(H,21,25)(H,22,24). The molecule has 0 spiro atoms. The average molecular weight is 402 g/mol. The molecule has 3 rings (SSSR count). The van der Waals surface area contributed by atoms with Gasteiger partial charge in [-0.15, -0.1) is 0 Å². The van der Waals surface area contributed by atoms with Crippen molar-refractivity contribution in [3.8, 4) is 0 Å². The highest BCUT2D eigenvalue weighted by atomic mass is 79.9. The van der Waals surface area contributed by atoms with Crippen molar-refractivity contribution in [2.45, 2.75) is 19.9 Å². The van der Waals surface area contributed by atoms with Gasteiger partial charge in [-0.3, -0.25) is 9.69 Å². The summed E-state index contributed by atoms with van der Waals surface area (Å²) in [6.45, 7) is 5.15. The third-order valence-electron chi connectivity index (χ3n) is 4.33. The van der Waals surface area contributed by atoms with Crippen molar-refractivity contribution in [3.63, 3.8) is 0 Å². The SMILES string of the molecule is Cc1cc(C(=O)NC(C)c2ccccc2Br)ccc1N1CCNC1=O. The summed E-state index contributed by atoms with van der Waals surface area (Å²) in [5.41, 5.74) is 3.35. The first kappa shape index (κ1) is 17.5. The van der Waals surface area contributed by atoms with Crippen molar-refractivity contribution in [2.75, 3.05) is 18.0 Å². The predicted molar refractivity (Wildman–Crippen MR) is 102 cm³/mol. The molecule has 2 aromatic rings. The van der Waals surface area contributed by atoms with E-state index < -0.39 is 0 Å². The van der Waals surface area contributed by atoms with Gasteiger partial charge in [0.15, 0.2) is 0 Å². The number of amides is 3. The van der Waals surface area contributed by atoms with Crippen molar-refractivity contribution in [2.24, 2.45) is 0 Å². The quantitative estimate of drug-likeness (QED) is 0.818. The molecule has 1 unspecified atom stereocenters. The number of nitrogens with one attached hydrogen (secondary N) is 2. The summed E-state index contributed by atoms with van der Waals surface area (Å²) in [6.07, 6.45) is 0. The van der Waals surface area contributed by atoms with Crippen LogP contribution >= 0.6 is 15.9 Å². The highest BCUT2D eigenvalue weighted by Gasteiger charge is 2.23. The minimum Gasteiger partial charge on any atom is -0.345 e. The van der Waals surface area contributed by atoms with Crippen LogP contribution in [0.1, 0.15) is 34.5 Å². The molecule has 1 atom stereocenters. The Morgan fingerprint density at radius 2 is 2.04 bits per heavy atom. The maximum Gasteiger partial charge on any atom is 0.322 e. The van der Waals surface area contributed by atoms with Crippen LogP contribution in [-0.2, 0) is 0 Å². The first-order valence-corrected chi connectivity index (χ1v) is 8.98. The van der Waals surface area contributed by atoms with E-state index in [0.717, 1.165) is 21.3 Å². The highest BCUT2D eigenvalue weighted by Crippen LogP contribution is 2.25. The molecule has 1 aliphatic heterocycles. The summed E-state index contributed by atoms with van der Waals surface area (Å²) in [6, 6.07) is 13.0. The minimum absolute atomic E-state index is 0.0946. The van der Waals surface area contributed by atoms with Crippen molar-refractivity contribution >= 4 is 33.6 Å². The molecule has 1 saturated heterocycles. The summed E-state index contributed by atoms with van der Waals surface area (Å²) in [5.74, 6) is -0.135. The van der Waals surface area contributed by atoms with Crippen LogP contribution in [0.5, 0.6) is 0 Å². The number of nitrogens with zero attached hydrogens (tertiary/aromatic N) is 1. The van der Waals surface area contributed by atoms with Crippen LogP contribution in [0.25, 0.3) is 0 Å². The molecule has 5 nitrogen and oxygen atoms in total. The molecule has 0 aromatic heterocycles. The second kappa shape index (κ2) is 7.27. The van der Waals surface area contributed by atoms with Gasteiger partial charge in [0.1, 0.15) is 0 Å². The van der Waals surface area contributed by atoms with E-state index in [4.69, 9.17) is 0 Å². The molecule has 0 saturated carbocycles. The molecule has 0 aliphatic carbocycles.